The zero-order valence-corrected chi connectivity index (χ0v) is 15.9. The molecule has 6 nitrogen and oxygen atoms in total. The number of aryl methyl sites for hydroxylation is 1. The standard InChI is InChI=1S/C23H20N4O2/c1-14-10-11-25-22(21(14)24)26-13-15-6-8-19-16(12-15)7-9-20(27-19)17-4-2-3-5-18(17)23(28)29/h2-12H,13,24H2,1H3,(H,25,26)(H,28,29). The van der Waals surface area contributed by atoms with Gasteiger partial charge in [-0.25, -0.2) is 14.8 Å². The molecule has 0 atom stereocenters. The number of hydrogen-bond donors (Lipinski definition) is 3. The van der Waals surface area contributed by atoms with Gasteiger partial charge >= 0.3 is 5.97 Å². The number of nitrogen functional groups attached to an aromatic ring is 1. The van der Waals surface area contributed by atoms with Gasteiger partial charge in [0.15, 0.2) is 0 Å². The quantitative estimate of drug-likeness (QED) is 0.468. The molecule has 0 amide bonds. The first kappa shape index (κ1) is 18.4. The maximum absolute atomic E-state index is 11.5. The van der Waals surface area contributed by atoms with Gasteiger partial charge in [0.1, 0.15) is 5.82 Å². The highest BCUT2D eigenvalue weighted by atomic mass is 16.4. The van der Waals surface area contributed by atoms with E-state index >= 15 is 0 Å². The van der Waals surface area contributed by atoms with Crippen molar-refractivity contribution >= 4 is 28.4 Å². The number of hydrogen-bond acceptors (Lipinski definition) is 5. The molecule has 0 saturated carbocycles. The largest absolute Gasteiger partial charge is 0.478 e. The number of nitrogens with one attached hydrogen (secondary N) is 1. The summed E-state index contributed by atoms with van der Waals surface area (Å²) in [4.78, 5) is 20.4. The lowest BCUT2D eigenvalue weighted by atomic mass is 10.0. The molecule has 2 aromatic carbocycles. The summed E-state index contributed by atoms with van der Waals surface area (Å²) in [7, 11) is 0. The number of carbonyl (C=O) groups is 1. The number of carboxylic acids is 1. The third-order valence-corrected chi connectivity index (χ3v) is 4.86. The lowest BCUT2D eigenvalue weighted by Crippen LogP contribution is -2.05. The summed E-state index contributed by atoms with van der Waals surface area (Å²) in [6, 6.07) is 18.5. The molecule has 4 aromatic rings. The fourth-order valence-corrected chi connectivity index (χ4v) is 3.22. The number of rotatable bonds is 5. The molecule has 2 aromatic heterocycles. The smallest absolute Gasteiger partial charge is 0.336 e. The van der Waals surface area contributed by atoms with Gasteiger partial charge in [0.25, 0.3) is 0 Å². The molecule has 0 unspecified atom stereocenters. The fourth-order valence-electron chi connectivity index (χ4n) is 3.22. The average molecular weight is 384 g/mol. The number of nitrogens with two attached hydrogens (primary N) is 1. The van der Waals surface area contributed by atoms with Gasteiger partial charge in [0, 0.05) is 23.7 Å². The summed E-state index contributed by atoms with van der Waals surface area (Å²) in [5.74, 6) is -0.295. The number of pyridine rings is 2. The number of anilines is 2. The highest BCUT2D eigenvalue weighted by Crippen LogP contribution is 2.25. The van der Waals surface area contributed by atoms with Crippen molar-refractivity contribution in [2.75, 3.05) is 11.1 Å². The Balaban J connectivity index is 1.61. The number of aromatic nitrogens is 2. The van der Waals surface area contributed by atoms with E-state index < -0.39 is 5.97 Å². The van der Waals surface area contributed by atoms with Crippen molar-refractivity contribution in [1.29, 1.82) is 0 Å². The summed E-state index contributed by atoms with van der Waals surface area (Å²) in [6.07, 6.45) is 1.73. The molecule has 0 aliphatic rings. The molecule has 144 valence electrons. The van der Waals surface area contributed by atoms with E-state index in [-0.39, 0.29) is 5.56 Å². The average Bonchev–Trinajstić information content (AvgIpc) is 2.74. The van der Waals surface area contributed by atoms with Gasteiger partial charge in [-0.05, 0) is 48.4 Å². The topological polar surface area (TPSA) is 101 Å². The predicted molar refractivity (Wildman–Crippen MR) is 115 cm³/mol. The molecule has 4 N–H and O–H groups in total. The number of carboxylic acid groups (broad SMARTS) is 1. The van der Waals surface area contributed by atoms with E-state index in [4.69, 9.17) is 5.73 Å². The fraction of sp³-hybridized carbons (Fsp3) is 0.0870. The van der Waals surface area contributed by atoms with Gasteiger partial charge in [-0.15, -0.1) is 0 Å². The molecule has 0 spiro atoms. The first-order valence-electron chi connectivity index (χ1n) is 9.20. The van der Waals surface area contributed by atoms with E-state index in [0.717, 1.165) is 22.0 Å². The van der Waals surface area contributed by atoms with Crippen molar-refractivity contribution < 1.29 is 9.90 Å². The molecule has 6 heteroatoms. The lowest BCUT2D eigenvalue weighted by Gasteiger charge is -2.11. The van der Waals surface area contributed by atoms with E-state index in [2.05, 4.69) is 15.3 Å². The third-order valence-electron chi connectivity index (χ3n) is 4.86. The SMILES string of the molecule is Cc1ccnc(NCc2ccc3nc(-c4ccccc4C(=O)O)ccc3c2)c1N. The summed E-state index contributed by atoms with van der Waals surface area (Å²) in [6.45, 7) is 2.53. The zero-order chi connectivity index (χ0) is 20.4. The van der Waals surface area contributed by atoms with Crippen molar-refractivity contribution in [3.8, 4) is 11.3 Å². The van der Waals surface area contributed by atoms with Crippen molar-refractivity contribution in [3.05, 3.63) is 83.6 Å². The molecular weight excluding hydrogens is 364 g/mol. The van der Waals surface area contributed by atoms with E-state index in [1.807, 2.05) is 49.4 Å². The Morgan fingerprint density at radius 3 is 2.76 bits per heavy atom. The van der Waals surface area contributed by atoms with Crippen molar-refractivity contribution in [2.24, 2.45) is 0 Å². The zero-order valence-electron chi connectivity index (χ0n) is 15.9. The summed E-state index contributed by atoms with van der Waals surface area (Å²) >= 11 is 0. The van der Waals surface area contributed by atoms with Crippen LogP contribution in [0, 0.1) is 6.92 Å². The van der Waals surface area contributed by atoms with Crippen LogP contribution >= 0.6 is 0 Å². The van der Waals surface area contributed by atoms with Crippen LogP contribution in [0.25, 0.3) is 22.2 Å². The summed E-state index contributed by atoms with van der Waals surface area (Å²) < 4.78 is 0. The molecule has 0 radical (unpaired) electrons. The van der Waals surface area contributed by atoms with Gasteiger partial charge in [0.2, 0.25) is 0 Å². The Labute approximate surface area is 168 Å². The molecule has 29 heavy (non-hydrogen) atoms. The Bertz CT molecular complexity index is 1220. The van der Waals surface area contributed by atoms with E-state index in [9.17, 15) is 9.90 Å². The van der Waals surface area contributed by atoms with Crippen LogP contribution in [0.5, 0.6) is 0 Å². The Kier molecular flexibility index (Phi) is 4.83. The minimum atomic E-state index is -0.965. The van der Waals surface area contributed by atoms with Gasteiger partial charge in [0.05, 0.1) is 22.5 Å². The van der Waals surface area contributed by atoms with Crippen LogP contribution in [0.1, 0.15) is 21.5 Å². The first-order chi connectivity index (χ1) is 14.0. The van der Waals surface area contributed by atoms with Crippen LogP contribution in [-0.2, 0) is 6.54 Å². The van der Waals surface area contributed by atoms with Crippen LogP contribution in [0.4, 0.5) is 11.5 Å². The van der Waals surface area contributed by atoms with Crippen molar-refractivity contribution in [1.82, 2.24) is 9.97 Å². The summed E-state index contributed by atoms with van der Waals surface area (Å²) in [5, 5.41) is 13.7. The maximum Gasteiger partial charge on any atom is 0.336 e. The number of nitrogens with zero attached hydrogens (tertiary/aromatic N) is 2. The van der Waals surface area contributed by atoms with Crippen molar-refractivity contribution in [3.63, 3.8) is 0 Å². The first-order valence-corrected chi connectivity index (χ1v) is 9.20. The molecule has 0 saturated heterocycles. The second kappa shape index (κ2) is 7.59. The van der Waals surface area contributed by atoms with Gasteiger partial charge < -0.3 is 16.2 Å². The Morgan fingerprint density at radius 1 is 1.10 bits per heavy atom. The minimum Gasteiger partial charge on any atom is -0.478 e. The molecule has 0 aliphatic heterocycles. The molecule has 0 bridgehead atoms. The molecule has 0 aliphatic carbocycles. The highest BCUT2D eigenvalue weighted by Gasteiger charge is 2.12. The third kappa shape index (κ3) is 3.73. The number of aromatic carboxylic acids is 1. The molecule has 4 rings (SSSR count). The van der Waals surface area contributed by atoms with Crippen LogP contribution in [0.3, 0.4) is 0 Å². The maximum atomic E-state index is 11.5. The van der Waals surface area contributed by atoms with Gasteiger partial charge in [-0.1, -0.05) is 30.3 Å². The minimum absolute atomic E-state index is 0.239. The summed E-state index contributed by atoms with van der Waals surface area (Å²) in [5.41, 5.74) is 11.1. The van der Waals surface area contributed by atoms with Crippen molar-refractivity contribution in [2.45, 2.75) is 13.5 Å². The lowest BCUT2D eigenvalue weighted by molar-refractivity contribution is 0.0697. The van der Waals surface area contributed by atoms with Gasteiger partial charge in [-0.3, -0.25) is 0 Å². The normalized spacial score (nSPS) is 10.8. The molecule has 0 fully saturated rings. The number of fused-ring (bicyclic) bond motifs is 1. The Hall–Kier alpha value is -3.93. The predicted octanol–water partition coefficient (Wildman–Crippen LogP) is 4.50. The van der Waals surface area contributed by atoms with E-state index in [1.54, 1.807) is 24.4 Å². The monoisotopic (exact) mass is 384 g/mol. The second-order valence-electron chi connectivity index (χ2n) is 6.82. The van der Waals surface area contributed by atoms with Crippen LogP contribution in [0.15, 0.2) is 66.9 Å². The second-order valence-corrected chi connectivity index (χ2v) is 6.82. The highest BCUT2D eigenvalue weighted by molar-refractivity contribution is 5.96. The van der Waals surface area contributed by atoms with E-state index in [1.165, 1.54) is 0 Å². The van der Waals surface area contributed by atoms with Gasteiger partial charge in [-0.2, -0.15) is 0 Å². The number of benzene rings is 2. The molecular formula is C23H20N4O2. The van der Waals surface area contributed by atoms with E-state index in [0.29, 0.717) is 29.3 Å². The van der Waals surface area contributed by atoms with Crippen LogP contribution in [0.2, 0.25) is 0 Å². The van der Waals surface area contributed by atoms with Crippen LogP contribution in [-0.4, -0.2) is 21.0 Å². The van der Waals surface area contributed by atoms with Crippen LogP contribution < -0.4 is 11.1 Å². The molecule has 2 heterocycles. The Morgan fingerprint density at radius 2 is 1.93 bits per heavy atom.